The van der Waals surface area contributed by atoms with Crippen LogP contribution in [0.1, 0.15) is 11.7 Å². The summed E-state index contributed by atoms with van der Waals surface area (Å²) in [6.07, 6.45) is -4.84. The molecule has 2 heterocycles. The summed E-state index contributed by atoms with van der Waals surface area (Å²) in [5.41, 5.74) is 5.57. The highest BCUT2D eigenvalue weighted by molar-refractivity contribution is 5.78. The minimum Gasteiger partial charge on any atom is -0.494 e. The lowest BCUT2D eigenvalue weighted by Crippen LogP contribution is -2.21. The van der Waals surface area contributed by atoms with Crippen molar-refractivity contribution in [3.63, 3.8) is 0 Å². The molecular formula is C10H10F3N3O2. The van der Waals surface area contributed by atoms with Crippen molar-refractivity contribution in [3.05, 3.63) is 24.0 Å². The third kappa shape index (κ3) is 1.84. The Bertz CT molecular complexity index is 579. The molecule has 0 aliphatic carbocycles. The molecule has 18 heavy (non-hydrogen) atoms. The first-order chi connectivity index (χ1) is 8.36. The number of nitrogen functional groups attached to an aromatic ring is 1. The number of rotatable bonds is 2. The highest BCUT2D eigenvalue weighted by Crippen LogP contribution is 2.39. The summed E-state index contributed by atoms with van der Waals surface area (Å²) >= 11 is 0. The van der Waals surface area contributed by atoms with Crippen LogP contribution in [0.2, 0.25) is 0 Å². The second-order valence-electron chi connectivity index (χ2n) is 3.64. The van der Waals surface area contributed by atoms with E-state index in [1.165, 1.54) is 24.0 Å². The van der Waals surface area contributed by atoms with E-state index in [1.54, 1.807) is 0 Å². The van der Waals surface area contributed by atoms with Crippen LogP contribution in [-0.4, -0.2) is 28.0 Å². The molecule has 5 nitrogen and oxygen atoms in total. The number of alkyl halides is 3. The van der Waals surface area contributed by atoms with Gasteiger partial charge in [-0.2, -0.15) is 18.3 Å². The average molecular weight is 261 g/mol. The molecule has 0 spiro atoms. The molecule has 8 heteroatoms. The van der Waals surface area contributed by atoms with Crippen LogP contribution in [0.5, 0.6) is 5.75 Å². The van der Waals surface area contributed by atoms with Crippen LogP contribution in [0.3, 0.4) is 0 Å². The molecule has 1 atom stereocenters. The van der Waals surface area contributed by atoms with E-state index in [1.807, 2.05) is 0 Å². The summed E-state index contributed by atoms with van der Waals surface area (Å²) in [6, 6.07) is 1.09. The van der Waals surface area contributed by atoms with Crippen molar-refractivity contribution >= 4 is 11.2 Å². The zero-order valence-corrected chi connectivity index (χ0v) is 9.27. The lowest BCUT2D eigenvalue weighted by atomic mass is 10.1. The number of aliphatic hydroxyl groups is 1. The fraction of sp³-hybridized carbons (Fsp3) is 0.300. The summed E-state index contributed by atoms with van der Waals surface area (Å²) in [6.45, 7) is 0. The van der Waals surface area contributed by atoms with Gasteiger partial charge in [0.25, 0.3) is 0 Å². The molecule has 2 aromatic rings. The first-order valence-electron chi connectivity index (χ1n) is 4.90. The van der Waals surface area contributed by atoms with E-state index in [0.29, 0.717) is 0 Å². The van der Waals surface area contributed by atoms with E-state index in [-0.39, 0.29) is 17.0 Å². The normalized spacial score (nSPS) is 13.8. The van der Waals surface area contributed by atoms with E-state index in [2.05, 4.69) is 5.10 Å². The van der Waals surface area contributed by atoms with Crippen LogP contribution in [-0.2, 0) is 0 Å². The summed E-state index contributed by atoms with van der Waals surface area (Å²) in [5, 5.41) is 13.1. The molecule has 0 saturated carbocycles. The standard InChI is InChI=1S/C10H10F3N3O2/c1-18-8-5(9(17)10(11,12)13)2-3-16-7(8)6(14)4-15-16/h2-4,9,17H,14H2,1H3. The van der Waals surface area contributed by atoms with Gasteiger partial charge in [-0.15, -0.1) is 0 Å². The molecule has 0 aromatic carbocycles. The van der Waals surface area contributed by atoms with Gasteiger partial charge in [0.15, 0.2) is 11.9 Å². The molecule has 2 rings (SSSR count). The highest BCUT2D eigenvalue weighted by Gasteiger charge is 2.41. The first kappa shape index (κ1) is 12.5. The molecule has 0 bridgehead atoms. The summed E-state index contributed by atoms with van der Waals surface area (Å²) < 4.78 is 43.7. The van der Waals surface area contributed by atoms with Gasteiger partial charge in [0, 0.05) is 11.8 Å². The predicted octanol–water partition coefficient (Wildman–Crippen LogP) is 1.52. The fourth-order valence-electron chi connectivity index (χ4n) is 1.69. The summed E-state index contributed by atoms with van der Waals surface area (Å²) in [7, 11) is 1.20. The molecule has 98 valence electrons. The molecule has 0 radical (unpaired) electrons. The smallest absolute Gasteiger partial charge is 0.418 e. The molecular weight excluding hydrogens is 251 g/mol. The maximum Gasteiger partial charge on any atom is 0.418 e. The number of aliphatic hydroxyl groups excluding tert-OH is 1. The summed E-state index contributed by atoms with van der Waals surface area (Å²) in [4.78, 5) is 0. The second-order valence-corrected chi connectivity index (χ2v) is 3.64. The van der Waals surface area contributed by atoms with E-state index >= 15 is 0 Å². The molecule has 0 saturated heterocycles. The van der Waals surface area contributed by atoms with Gasteiger partial charge in [-0.3, -0.25) is 0 Å². The zero-order valence-electron chi connectivity index (χ0n) is 9.27. The van der Waals surface area contributed by atoms with E-state index in [0.717, 1.165) is 6.07 Å². The second kappa shape index (κ2) is 4.05. The van der Waals surface area contributed by atoms with Crippen LogP contribution in [0.25, 0.3) is 5.52 Å². The number of aromatic nitrogens is 2. The Labute approximate surface area is 99.6 Å². The summed E-state index contributed by atoms with van der Waals surface area (Å²) in [5.74, 6) is -0.141. The molecule has 2 aromatic heterocycles. The average Bonchev–Trinajstić information content (AvgIpc) is 2.68. The fourth-order valence-corrected chi connectivity index (χ4v) is 1.69. The first-order valence-corrected chi connectivity index (χ1v) is 4.90. The van der Waals surface area contributed by atoms with Crippen molar-refractivity contribution in [1.29, 1.82) is 0 Å². The van der Waals surface area contributed by atoms with Gasteiger partial charge in [-0.25, -0.2) is 4.52 Å². The van der Waals surface area contributed by atoms with E-state index in [4.69, 9.17) is 10.5 Å². The Morgan fingerprint density at radius 3 is 2.72 bits per heavy atom. The number of methoxy groups -OCH3 is 1. The lowest BCUT2D eigenvalue weighted by Gasteiger charge is -2.18. The van der Waals surface area contributed by atoms with Crippen LogP contribution in [0.4, 0.5) is 18.9 Å². The van der Waals surface area contributed by atoms with Crippen molar-refractivity contribution in [3.8, 4) is 5.75 Å². The number of nitrogens with two attached hydrogens (primary N) is 1. The predicted molar refractivity (Wildman–Crippen MR) is 57.2 cm³/mol. The lowest BCUT2D eigenvalue weighted by molar-refractivity contribution is -0.207. The van der Waals surface area contributed by atoms with E-state index in [9.17, 15) is 18.3 Å². The molecule has 0 fully saturated rings. The number of hydrogen-bond acceptors (Lipinski definition) is 4. The molecule has 0 aliphatic rings. The molecule has 0 aliphatic heterocycles. The minimum absolute atomic E-state index is 0.141. The zero-order chi connectivity index (χ0) is 13.5. The van der Waals surface area contributed by atoms with Crippen molar-refractivity contribution in [2.24, 2.45) is 0 Å². The van der Waals surface area contributed by atoms with Crippen LogP contribution >= 0.6 is 0 Å². The van der Waals surface area contributed by atoms with Crippen LogP contribution in [0, 0.1) is 0 Å². The number of fused-ring (bicyclic) bond motifs is 1. The van der Waals surface area contributed by atoms with Crippen molar-refractivity contribution in [2.75, 3.05) is 12.8 Å². The number of nitrogens with zero attached hydrogens (tertiary/aromatic N) is 2. The number of halogens is 3. The van der Waals surface area contributed by atoms with E-state index < -0.39 is 17.8 Å². The maximum absolute atomic E-state index is 12.5. The molecule has 0 amide bonds. The Kier molecular flexibility index (Phi) is 2.81. The van der Waals surface area contributed by atoms with Crippen LogP contribution < -0.4 is 10.5 Å². The van der Waals surface area contributed by atoms with Crippen molar-refractivity contribution in [2.45, 2.75) is 12.3 Å². The number of pyridine rings is 1. The maximum atomic E-state index is 12.5. The Hall–Kier alpha value is -1.96. The number of ether oxygens (including phenoxy) is 1. The Morgan fingerprint density at radius 2 is 2.17 bits per heavy atom. The van der Waals surface area contributed by atoms with Crippen molar-refractivity contribution < 1.29 is 23.0 Å². The van der Waals surface area contributed by atoms with Crippen LogP contribution in [0.15, 0.2) is 18.5 Å². The Balaban J connectivity index is 2.68. The number of anilines is 1. The third-order valence-corrected chi connectivity index (χ3v) is 2.51. The monoisotopic (exact) mass is 261 g/mol. The van der Waals surface area contributed by atoms with Gasteiger partial charge in [0.1, 0.15) is 5.52 Å². The minimum atomic E-state index is -4.78. The quantitative estimate of drug-likeness (QED) is 0.859. The largest absolute Gasteiger partial charge is 0.494 e. The Morgan fingerprint density at radius 1 is 1.50 bits per heavy atom. The molecule has 3 N–H and O–H groups in total. The highest BCUT2D eigenvalue weighted by atomic mass is 19.4. The van der Waals surface area contributed by atoms with Crippen molar-refractivity contribution in [1.82, 2.24) is 9.61 Å². The third-order valence-electron chi connectivity index (χ3n) is 2.51. The SMILES string of the molecule is COc1c(C(O)C(F)(F)F)ccn2ncc(N)c12. The number of hydrogen-bond donors (Lipinski definition) is 2. The van der Waals surface area contributed by atoms with Gasteiger partial charge < -0.3 is 15.6 Å². The van der Waals surface area contributed by atoms with Gasteiger partial charge in [0.05, 0.1) is 19.0 Å². The topological polar surface area (TPSA) is 72.8 Å². The van der Waals surface area contributed by atoms with Gasteiger partial charge in [-0.1, -0.05) is 0 Å². The molecule has 1 unspecified atom stereocenters. The van der Waals surface area contributed by atoms with Gasteiger partial charge in [0.2, 0.25) is 0 Å². The van der Waals surface area contributed by atoms with Gasteiger partial charge in [-0.05, 0) is 6.07 Å². The van der Waals surface area contributed by atoms with Gasteiger partial charge >= 0.3 is 6.18 Å².